The second kappa shape index (κ2) is 8.38. The van der Waals surface area contributed by atoms with Crippen molar-refractivity contribution in [2.24, 2.45) is 0 Å². The Morgan fingerprint density at radius 3 is 2.31 bits per heavy atom. The van der Waals surface area contributed by atoms with Gasteiger partial charge in [-0.15, -0.1) is 0 Å². The van der Waals surface area contributed by atoms with E-state index in [9.17, 15) is 9.59 Å². The number of nitrogens with one attached hydrogen (secondary N) is 1. The highest BCUT2D eigenvalue weighted by Gasteiger charge is 2.31. The molecule has 0 bridgehead atoms. The third-order valence-corrected chi connectivity index (χ3v) is 3.78. The fraction of sp³-hybridized carbons (Fsp3) is 0.300. The molecule has 0 heterocycles. The number of benzene rings is 2. The highest BCUT2D eigenvalue weighted by atomic mass is 16.5. The van der Waals surface area contributed by atoms with Crippen molar-refractivity contribution in [2.75, 3.05) is 14.2 Å². The Kier molecular flexibility index (Phi) is 6.22. The number of methoxy groups -OCH3 is 2. The van der Waals surface area contributed by atoms with Gasteiger partial charge in [0.2, 0.25) is 0 Å². The lowest BCUT2D eigenvalue weighted by Gasteiger charge is -2.23. The zero-order valence-electron chi connectivity index (χ0n) is 15.4. The summed E-state index contributed by atoms with van der Waals surface area (Å²) in [7, 11) is 2.78. The molecular weight excluding hydrogens is 334 g/mol. The summed E-state index contributed by atoms with van der Waals surface area (Å²) in [5.74, 6) is 0.0264. The van der Waals surface area contributed by atoms with E-state index in [1.165, 1.54) is 14.2 Å². The zero-order chi connectivity index (χ0) is 19.2. The van der Waals surface area contributed by atoms with Crippen LogP contribution < -0.4 is 14.8 Å². The first-order chi connectivity index (χ1) is 12.4. The van der Waals surface area contributed by atoms with Crippen LogP contribution in [0.2, 0.25) is 0 Å². The van der Waals surface area contributed by atoms with Crippen LogP contribution in [0.3, 0.4) is 0 Å². The minimum atomic E-state index is -1.14. The molecule has 6 heteroatoms. The van der Waals surface area contributed by atoms with Gasteiger partial charge >= 0.3 is 5.97 Å². The fourth-order valence-corrected chi connectivity index (χ4v) is 2.33. The fourth-order valence-electron chi connectivity index (χ4n) is 2.33. The molecule has 0 fully saturated rings. The summed E-state index contributed by atoms with van der Waals surface area (Å²) in [4.78, 5) is 24.1. The van der Waals surface area contributed by atoms with Gasteiger partial charge in [0.05, 0.1) is 14.2 Å². The quantitative estimate of drug-likeness (QED) is 0.771. The molecule has 0 unspecified atom stereocenters. The topological polar surface area (TPSA) is 73.9 Å². The lowest BCUT2D eigenvalue weighted by Crippen LogP contribution is -2.50. The summed E-state index contributed by atoms with van der Waals surface area (Å²) in [6.07, 6.45) is 0. The number of esters is 1. The van der Waals surface area contributed by atoms with Crippen LogP contribution in [0.1, 0.15) is 29.8 Å². The Morgan fingerprint density at radius 1 is 1.00 bits per heavy atom. The van der Waals surface area contributed by atoms with Gasteiger partial charge in [0, 0.05) is 5.56 Å². The van der Waals surface area contributed by atoms with Crippen molar-refractivity contribution in [1.82, 2.24) is 5.32 Å². The second-order valence-corrected chi connectivity index (χ2v) is 6.21. The van der Waals surface area contributed by atoms with Crippen molar-refractivity contribution in [3.05, 3.63) is 59.7 Å². The van der Waals surface area contributed by atoms with Crippen LogP contribution in [0, 0.1) is 0 Å². The van der Waals surface area contributed by atoms with E-state index < -0.39 is 17.4 Å². The highest BCUT2D eigenvalue weighted by molar-refractivity contribution is 5.98. The van der Waals surface area contributed by atoms with E-state index in [1.807, 2.05) is 30.3 Å². The number of amides is 1. The second-order valence-electron chi connectivity index (χ2n) is 6.21. The molecule has 1 N–H and O–H groups in total. The Hall–Kier alpha value is -3.02. The Morgan fingerprint density at radius 2 is 1.69 bits per heavy atom. The largest absolute Gasteiger partial charge is 0.493 e. The Balaban J connectivity index is 2.12. The third kappa shape index (κ3) is 4.75. The molecule has 6 nitrogen and oxygen atoms in total. The summed E-state index contributed by atoms with van der Waals surface area (Å²) in [6, 6.07) is 14.6. The van der Waals surface area contributed by atoms with E-state index in [4.69, 9.17) is 14.2 Å². The molecule has 0 aromatic heterocycles. The van der Waals surface area contributed by atoms with Gasteiger partial charge in [-0.05, 0) is 37.6 Å². The van der Waals surface area contributed by atoms with Gasteiger partial charge in [-0.25, -0.2) is 4.79 Å². The van der Waals surface area contributed by atoms with Gasteiger partial charge in [0.15, 0.2) is 11.5 Å². The van der Waals surface area contributed by atoms with Crippen molar-refractivity contribution in [3.8, 4) is 11.5 Å². The van der Waals surface area contributed by atoms with Gasteiger partial charge in [-0.3, -0.25) is 4.79 Å². The van der Waals surface area contributed by atoms with Gasteiger partial charge in [0.25, 0.3) is 5.91 Å². The average molecular weight is 357 g/mol. The minimum Gasteiger partial charge on any atom is -0.493 e. The van der Waals surface area contributed by atoms with Crippen molar-refractivity contribution >= 4 is 11.9 Å². The maximum Gasteiger partial charge on any atom is 0.330 e. The summed E-state index contributed by atoms with van der Waals surface area (Å²) >= 11 is 0. The smallest absolute Gasteiger partial charge is 0.330 e. The van der Waals surface area contributed by atoms with E-state index in [-0.39, 0.29) is 0 Å². The Bertz CT molecular complexity index is 771. The van der Waals surface area contributed by atoms with Crippen molar-refractivity contribution in [2.45, 2.75) is 26.0 Å². The maximum atomic E-state index is 12.4. The average Bonchev–Trinajstić information content (AvgIpc) is 2.65. The monoisotopic (exact) mass is 357 g/mol. The first-order valence-corrected chi connectivity index (χ1v) is 8.13. The molecular formula is C20H23NO5. The van der Waals surface area contributed by atoms with Crippen molar-refractivity contribution in [1.29, 1.82) is 0 Å². The van der Waals surface area contributed by atoms with Crippen molar-refractivity contribution < 1.29 is 23.8 Å². The van der Waals surface area contributed by atoms with E-state index in [2.05, 4.69) is 5.32 Å². The van der Waals surface area contributed by atoms with Crippen LogP contribution in [0.15, 0.2) is 48.5 Å². The number of hydrogen-bond donors (Lipinski definition) is 1. The number of carbonyl (C=O) groups excluding carboxylic acids is 2. The molecule has 0 radical (unpaired) electrons. The van der Waals surface area contributed by atoms with Crippen LogP contribution in [-0.2, 0) is 16.1 Å². The molecule has 2 rings (SSSR count). The molecule has 2 aromatic rings. The Labute approximate surface area is 153 Å². The third-order valence-electron chi connectivity index (χ3n) is 3.78. The molecule has 138 valence electrons. The molecule has 26 heavy (non-hydrogen) atoms. The normalized spacial score (nSPS) is 10.8. The molecule has 0 aliphatic carbocycles. The number of ether oxygens (including phenoxy) is 3. The van der Waals surface area contributed by atoms with Gasteiger partial charge < -0.3 is 19.5 Å². The molecule has 0 saturated carbocycles. The van der Waals surface area contributed by atoms with Crippen LogP contribution in [0.25, 0.3) is 0 Å². The summed E-state index contributed by atoms with van der Waals surface area (Å²) < 4.78 is 15.8. The van der Waals surface area contributed by atoms with Crippen LogP contribution in [-0.4, -0.2) is 31.6 Å². The first-order valence-electron chi connectivity index (χ1n) is 8.13. The van der Waals surface area contributed by atoms with Crippen LogP contribution in [0.5, 0.6) is 11.5 Å². The number of rotatable bonds is 7. The molecule has 0 atom stereocenters. The maximum absolute atomic E-state index is 12.4. The predicted molar refractivity (Wildman–Crippen MR) is 97.3 cm³/mol. The molecule has 0 aliphatic rings. The first kappa shape index (κ1) is 19.3. The van der Waals surface area contributed by atoms with E-state index in [0.29, 0.717) is 23.7 Å². The molecule has 1 amide bonds. The van der Waals surface area contributed by atoms with Crippen molar-refractivity contribution in [3.63, 3.8) is 0 Å². The van der Waals surface area contributed by atoms with E-state index in [1.54, 1.807) is 32.0 Å². The number of hydrogen-bond acceptors (Lipinski definition) is 5. The molecule has 2 aromatic carbocycles. The van der Waals surface area contributed by atoms with Crippen LogP contribution >= 0.6 is 0 Å². The predicted octanol–water partition coefficient (Wildman–Crippen LogP) is 2.96. The zero-order valence-corrected chi connectivity index (χ0v) is 15.4. The van der Waals surface area contributed by atoms with Crippen LogP contribution in [0.4, 0.5) is 0 Å². The SMILES string of the molecule is COC(=O)C(C)(C)NC(=O)c1ccc(OCc2ccccc2)c(OC)c1. The van der Waals surface area contributed by atoms with E-state index >= 15 is 0 Å². The minimum absolute atomic E-state index is 0.353. The molecule has 0 aliphatic heterocycles. The summed E-state index contributed by atoms with van der Waals surface area (Å²) in [6.45, 7) is 3.54. The number of carbonyl (C=O) groups is 2. The van der Waals surface area contributed by atoms with Gasteiger partial charge in [0.1, 0.15) is 12.1 Å². The summed E-state index contributed by atoms with van der Waals surface area (Å²) in [5.41, 5.74) is 0.240. The lowest BCUT2D eigenvalue weighted by molar-refractivity contribution is -0.146. The van der Waals surface area contributed by atoms with Gasteiger partial charge in [-0.2, -0.15) is 0 Å². The standard InChI is InChI=1S/C20H23NO5/c1-20(2,19(23)25-4)21-18(22)15-10-11-16(17(12-15)24-3)26-13-14-8-6-5-7-9-14/h5-12H,13H2,1-4H3,(H,21,22). The summed E-state index contributed by atoms with van der Waals surface area (Å²) in [5, 5.41) is 2.64. The van der Waals surface area contributed by atoms with Gasteiger partial charge in [-0.1, -0.05) is 30.3 Å². The highest BCUT2D eigenvalue weighted by Crippen LogP contribution is 2.29. The molecule has 0 saturated heterocycles. The lowest BCUT2D eigenvalue weighted by atomic mass is 10.0. The molecule has 0 spiro atoms. The van der Waals surface area contributed by atoms with E-state index in [0.717, 1.165) is 5.56 Å².